The molecule has 0 radical (unpaired) electrons. The normalized spacial score (nSPS) is 12.6. The van der Waals surface area contributed by atoms with Crippen LogP contribution in [0.4, 0.5) is 18.9 Å². The summed E-state index contributed by atoms with van der Waals surface area (Å²) in [5.74, 6) is -1.26. The van der Waals surface area contributed by atoms with Crippen molar-refractivity contribution < 1.29 is 27.3 Å². The van der Waals surface area contributed by atoms with Crippen molar-refractivity contribution in [1.29, 1.82) is 0 Å². The standard InChI is InChI=1S/C18H12F3NO3S2/c19-18(20,21)12-8-4-5-9-15(12)27(25)22-13-10-14(26-16(13)17(23)24)11-6-2-1-3-7-11/h1-10,22H,(H,23,24). The van der Waals surface area contributed by atoms with Crippen molar-refractivity contribution in [2.24, 2.45) is 0 Å². The van der Waals surface area contributed by atoms with Crippen LogP contribution in [0.2, 0.25) is 0 Å². The van der Waals surface area contributed by atoms with Crippen molar-refractivity contribution in [3.05, 3.63) is 71.1 Å². The van der Waals surface area contributed by atoms with Crippen LogP contribution in [-0.2, 0) is 17.2 Å². The van der Waals surface area contributed by atoms with Gasteiger partial charge in [0.2, 0.25) is 0 Å². The van der Waals surface area contributed by atoms with Gasteiger partial charge in [0.1, 0.15) is 4.88 Å². The molecule has 2 aromatic carbocycles. The van der Waals surface area contributed by atoms with E-state index in [9.17, 15) is 27.3 Å². The minimum atomic E-state index is -4.67. The number of halogens is 3. The summed E-state index contributed by atoms with van der Waals surface area (Å²) in [5, 5.41) is 9.38. The smallest absolute Gasteiger partial charge is 0.417 e. The molecule has 9 heteroatoms. The molecule has 2 N–H and O–H groups in total. The Bertz CT molecular complexity index is 1000. The molecule has 1 aromatic heterocycles. The zero-order chi connectivity index (χ0) is 19.6. The molecule has 0 saturated carbocycles. The highest BCUT2D eigenvalue weighted by Crippen LogP contribution is 2.37. The summed E-state index contributed by atoms with van der Waals surface area (Å²) in [6.07, 6.45) is -4.67. The quantitative estimate of drug-likeness (QED) is 0.601. The average Bonchev–Trinajstić information content (AvgIpc) is 3.06. The monoisotopic (exact) mass is 411 g/mol. The molecular weight excluding hydrogens is 399 g/mol. The molecular formula is C18H12F3NO3S2. The fourth-order valence-corrected chi connectivity index (χ4v) is 4.47. The maximum atomic E-state index is 13.1. The number of aromatic carboxylic acids is 1. The maximum absolute atomic E-state index is 13.1. The number of hydrogen-bond acceptors (Lipinski definition) is 3. The van der Waals surface area contributed by atoms with Gasteiger partial charge in [-0.15, -0.1) is 11.3 Å². The van der Waals surface area contributed by atoms with Crippen molar-refractivity contribution in [1.82, 2.24) is 0 Å². The van der Waals surface area contributed by atoms with Crippen molar-refractivity contribution in [2.75, 3.05) is 4.72 Å². The first-order chi connectivity index (χ1) is 12.8. The number of anilines is 1. The van der Waals surface area contributed by atoms with E-state index in [1.807, 2.05) is 0 Å². The Morgan fingerprint density at radius 2 is 1.67 bits per heavy atom. The predicted molar refractivity (Wildman–Crippen MR) is 98.2 cm³/mol. The SMILES string of the molecule is O=C(O)c1sc(-c2ccccc2)cc1NS(=O)c1ccccc1C(F)(F)F. The van der Waals surface area contributed by atoms with E-state index < -0.39 is 33.6 Å². The lowest BCUT2D eigenvalue weighted by Gasteiger charge is -2.12. The molecule has 0 saturated heterocycles. The number of carbonyl (C=O) groups is 1. The van der Waals surface area contributed by atoms with Crippen LogP contribution in [0.15, 0.2) is 65.6 Å². The Morgan fingerprint density at radius 3 is 2.30 bits per heavy atom. The Labute approximate surface area is 158 Å². The second-order valence-electron chi connectivity index (χ2n) is 5.39. The van der Waals surface area contributed by atoms with Gasteiger partial charge in [0.05, 0.1) is 16.1 Å². The second kappa shape index (κ2) is 7.53. The lowest BCUT2D eigenvalue weighted by Crippen LogP contribution is -2.14. The van der Waals surface area contributed by atoms with Crippen LogP contribution in [-0.4, -0.2) is 15.3 Å². The van der Waals surface area contributed by atoms with Gasteiger partial charge < -0.3 is 5.11 Å². The number of nitrogens with one attached hydrogen (secondary N) is 1. The highest BCUT2D eigenvalue weighted by molar-refractivity contribution is 7.86. The summed E-state index contributed by atoms with van der Waals surface area (Å²) < 4.78 is 54.3. The van der Waals surface area contributed by atoms with Gasteiger partial charge in [0.25, 0.3) is 0 Å². The maximum Gasteiger partial charge on any atom is 0.417 e. The van der Waals surface area contributed by atoms with E-state index in [0.29, 0.717) is 4.88 Å². The molecule has 27 heavy (non-hydrogen) atoms. The third kappa shape index (κ3) is 4.20. The van der Waals surface area contributed by atoms with Crippen LogP contribution in [0.25, 0.3) is 10.4 Å². The Hall–Kier alpha value is -2.65. The lowest BCUT2D eigenvalue weighted by atomic mass is 10.2. The molecule has 0 fully saturated rings. The van der Waals surface area contributed by atoms with Gasteiger partial charge in [0, 0.05) is 4.88 Å². The summed E-state index contributed by atoms with van der Waals surface area (Å²) in [6.45, 7) is 0. The molecule has 1 atom stereocenters. The van der Waals surface area contributed by atoms with Gasteiger partial charge in [0.15, 0.2) is 11.0 Å². The second-order valence-corrected chi connectivity index (χ2v) is 7.62. The van der Waals surface area contributed by atoms with Crippen LogP contribution in [0.5, 0.6) is 0 Å². The van der Waals surface area contributed by atoms with Crippen LogP contribution in [0, 0.1) is 0 Å². The number of carboxylic acid groups (broad SMARTS) is 1. The predicted octanol–water partition coefficient (Wildman–Crippen LogP) is 5.27. The van der Waals surface area contributed by atoms with Crippen LogP contribution in [0.3, 0.4) is 0 Å². The number of thiophene rings is 1. The zero-order valence-corrected chi connectivity index (χ0v) is 15.1. The fourth-order valence-electron chi connectivity index (χ4n) is 2.39. The van der Waals surface area contributed by atoms with Crippen LogP contribution in [0.1, 0.15) is 15.2 Å². The molecule has 3 rings (SSSR count). The zero-order valence-electron chi connectivity index (χ0n) is 13.5. The molecule has 1 heterocycles. The molecule has 0 aliphatic carbocycles. The van der Waals surface area contributed by atoms with E-state index >= 15 is 0 Å². The van der Waals surface area contributed by atoms with E-state index in [1.165, 1.54) is 18.2 Å². The summed E-state index contributed by atoms with van der Waals surface area (Å²) >= 11 is 0.949. The average molecular weight is 411 g/mol. The molecule has 3 aromatic rings. The van der Waals surface area contributed by atoms with Gasteiger partial charge in [-0.2, -0.15) is 13.2 Å². The molecule has 0 bridgehead atoms. The minimum Gasteiger partial charge on any atom is -0.477 e. The van der Waals surface area contributed by atoms with Crippen LogP contribution >= 0.6 is 11.3 Å². The van der Waals surface area contributed by atoms with Gasteiger partial charge >= 0.3 is 12.1 Å². The summed E-state index contributed by atoms with van der Waals surface area (Å²) in [4.78, 5) is 11.5. The van der Waals surface area contributed by atoms with Gasteiger partial charge in [-0.3, -0.25) is 4.72 Å². The third-order valence-electron chi connectivity index (χ3n) is 3.58. The highest BCUT2D eigenvalue weighted by atomic mass is 32.2. The van der Waals surface area contributed by atoms with Crippen LogP contribution < -0.4 is 4.72 Å². The van der Waals surface area contributed by atoms with E-state index in [0.717, 1.165) is 29.0 Å². The topological polar surface area (TPSA) is 66.4 Å². The molecule has 140 valence electrons. The molecule has 1 unspecified atom stereocenters. The number of rotatable bonds is 5. The van der Waals surface area contributed by atoms with Gasteiger partial charge in [-0.25, -0.2) is 9.00 Å². The Kier molecular flexibility index (Phi) is 5.33. The van der Waals surface area contributed by atoms with Crippen molar-refractivity contribution in [3.8, 4) is 10.4 Å². The molecule has 0 aliphatic rings. The minimum absolute atomic E-state index is 0.00154. The van der Waals surface area contributed by atoms with E-state index in [2.05, 4.69) is 4.72 Å². The number of hydrogen-bond donors (Lipinski definition) is 2. The highest BCUT2D eigenvalue weighted by Gasteiger charge is 2.35. The Morgan fingerprint density at radius 1 is 1.04 bits per heavy atom. The third-order valence-corrected chi connectivity index (χ3v) is 5.91. The number of benzene rings is 2. The lowest BCUT2D eigenvalue weighted by molar-refractivity contribution is -0.139. The molecule has 0 amide bonds. The van der Waals surface area contributed by atoms with Crippen molar-refractivity contribution >= 4 is 34.0 Å². The fraction of sp³-hybridized carbons (Fsp3) is 0.0556. The van der Waals surface area contributed by atoms with E-state index in [-0.39, 0.29) is 10.6 Å². The molecule has 4 nitrogen and oxygen atoms in total. The number of carboxylic acids is 1. The molecule has 0 aliphatic heterocycles. The van der Waals surface area contributed by atoms with Gasteiger partial charge in [-0.1, -0.05) is 42.5 Å². The summed E-state index contributed by atoms with van der Waals surface area (Å²) in [6, 6.07) is 14.8. The van der Waals surface area contributed by atoms with E-state index in [1.54, 1.807) is 30.3 Å². The van der Waals surface area contributed by atoms with Crippen molar-refractivity contribution in [3.63, 3.8) is 0 Å². The van der Waals surface area contributed by atoms with Crippen molar-refractivity contribution in [2.45, 2.75) is 11.1 Å². The summed E-state index contributed by atoms with van der Waals surface area (Å²) in [5.41, 5.74) is -0.285. The largest absolute Gasteiger partial charge is 0.477 e. The Balaban J connectivity index is 1.98. The van der Waals surface area contributed by atoms with Gasteiger partial charge in [-0.05, 0) is 23.8 Å². The van der Waals surface area contributed by atoms with E-state index in [4.69, 9.17) is 0 Å². The molecule has 0 spiro atoms. The first-order valence-corrected chi connectivity index (χ1v) is 9.51. The first-order valence-electron chi connectivity index (χ1n) is 7.54. The number of alkyl halides is 3. The first kappa shape index (κ1) is 19.1. The summed E-state index contributed by atoms with van der Waals surface area (Å²) in [7, 11) is -2.29.